The molecule has 0 radical (unpaired) electrons. The van der Waals surface area contributed by atoms with E-state index >= 15 is 0 Å². The highest BCUT2D eigenvalue weighted by Crippen LogP contribution is 2.19. The van der Waals surface area contributed by atoms with Gasteiger partial charge in [-0.25, -0.2) is 17.8 Å². The maximum atomic E-state index is 12.9. The summed E-state index contributed by atoms with van der Waals surface area (Å²) in [7, 11) is -3.57. The van der Waals surface area contributed by atoms with Gasteiger partial charge in [-0.3, -0.25) is 4.72 Å². The molecule has 0 aliphatic rings. The molecule has 3 aromatic rings. The predicted octanol–water partition coefficient (Wildman–Crippen LogP) is 3.21. The first kappa shape index (κ1) is 15.5. The third kappa shape index (κ3) is 3.68. The summed E-state index contributed by atoms with van der Waals surface area (Å²) in [5, 5.41) is 0. The van der Waals surface area contributed by atoms with E-state index in [0.717, 1.165) is 23.3 Å². The number of nitrogens with one attached hydrogen (secondary N) is 2. The number of aromatic nitrogens is 2. The lowest BCUT2D eigenvalue weighted by molar-refractivity contribution is 0.600. The second kappa shape index (κ2) is 6.00. The van der Waals surface area contributed by atoms with Crippen LogP contribution in [0.25, 0.3) is 11.0 Å². The molecule has 23 heavy (non-hydrogen) atoms. The van der Waals surface area contributed by atoms with Crippen LogP contribution in [0.3, 0.4) is 0 Å². The van der Waals surface area contributed by atoms with Crippen molar-refractivity contribution in [2.24, 2.45) is 0 Å². The van der Waals surface area contributed by atoms with E-state index in [1.54, 1.807) is 18.2 Å². The number of aryl methyl sites for hydroxylation is 1. The third-order valence-electron chi connectivity index (χ3n) is 3.41. The average Bonchev–Trinajstić information content (AvgIpc) is 2.91. The lowest BCUT2D eigenvalue weighted by Crippen LogP contribution is -2.15. The number of H-pyrrole nitrogens is 1. The molecule has 5 nitrogen and oxygen atoms in total. The molecule has 3 rings (SSSR count). The molecule has 0 bridgehead atoms. The van der Waals surface area contributed by atoms with E-state index < -0.39 is 15.8 Å². The van der Waals surface area contributed by atoms with Gasteiger partial charge in [0.05, 0.1) is 22.5 Å². The Morgan fingerprint density at radius 1 is 1.17 bits per heavy atom. The largest absolute Gasteiger partial charge is 0.342 e. The number of benzene rings is 2. The summed E-state index contributed by atoms with van der Waals surface area (Å²) in [6.07, 6.45) is 0.778. The number of hydrogen-bond acceptors (Lipinski definition) is 3. The fourth-order valence-corrected chi connectivity index (χ4v) is 3.50. The fourth-order valence-electron chi connectivity index (χ4n) is 2.31. The summed E-state index contributed by atoms with van der Waals surface area (Å²) < 4.78 is 39.8. The Hall–Kier alpha value is -2.41. The number of halogens is 1. The molecule has 0 unspecified atom stereocenters. The molecule has 0 aliphatic heterocycles. The van der Waals surface area contributed by atoms with Crippen LogP contribution in [-0.4, -0.2) is 18.4 Å². The first-order valence-corrected chi connectivity index (χ1v) is 8.84. The molecule has 120 valence electrons. The lowest BCUT2D eigenvalue weighted by atomic mass is 10.2. The molecule has 0 amide bonds. The molecule has 1 heterocycles. The maximum absolute atomic E-state index is 12.9. The number of sulfonamides is 1. The van der Waals surface area contributed by atoms with Gasteiger partial charge in [0.1, 0.15) is 11.6 Å². The average molecular weight is 333 g/mol. The molecule has 0 aliphatic carbocycles. The number of hydrogen-bond donors (Lipinski definition) is 2. The van der Waals surface area contributed by atoms with Gasteiger partial charge in [-0.05, 0) is 35.9 Å². The van der Waals surface area contributed by atoms with Gasteiger partial charge >= 0.3 is 0 Å². The van der Waals surface area contributed by atoms with Crippen molar-refractivity contribution in [1.82, 2.24) is 9.97 Å². The Kier molecular flexibility index (Phi) is 4.04. The van der Waals surface area contributed by atoms with Crippen LogP contribution >= 0.6 is 0 Å². The minimum absolute atomic E-state index is 0.214. The lowest BCUT2D eigenvalue weighted by Gasteiger charge is -2.08. The quantitative estimate of drug-likeness (QED) is 0.753. The van der Waals surface area contributed by atoms with Crippen molar-refractivity contribution >= 4 is 26.7 Å². The number of nitrogens with zero attached hydrogens (tertiary/aromatic N) is 1. The molecule has 1 aromatic heterocycles. The highest BCUT2D eigenvalue weighted by atomic mass is 32.2. The summed E-state index contributed by atoms with van der Waals surface area (Å²) in [5.74, 6) is 0.246. The van der Waals surface area contributed by atoms with Crippen LogP contribution in [-0.2, 0) is 22.2 Å². The molecule has 0 atom stereocenters. The van der Waals surface area contributed by atoms with Crippen molar-refractivity contribution in [2.75, 3.05) is 4.72 Å². The Labute approximate surface area is 133 Å². The number of anilines is 1. The molecule has 0 spiro atoms. The van der Waals surface area contributed by atoms with Gasteiger partial charge in [0.25, 0.3) is 0 Å². The monoisotopic (exact) mass is 333 g/mol. The van der Waals surface area contributed by atoms with E-state index in [2.05, 4.69) is 14.7 Å². The number of fused-ring (bicyclic) bond motifs is 1. The SMILES string of the molecule is CCc1nc2ccc(NS(=O)(=O)Cc3ccc(F)cc3)cc2[nH]1. The van der Waals surface area contributed by atoms with E-state index in [1.807, 2.05) is 6.92 Å². The smallest absolute Gasteiger partial charge is 0.236 e. The van der Waals surface area contributed by atoms with Crippen molar-refractivity contribution in [2.45, 2.75) is 19.1 Å². The molecule has 0 saturated carbocycles. The molecule has 7 heteroatoms. The van der Waals surface area contributed by atoms with Gasteiger partial charge in [-0.1, -0.05) is 19.1 Å². The first-order chi connectivity index (χ1) is 10.9. The van der Waals surface area contributed by atoms with Crippen molar-refractivity contribution in [1.29, 1.82) is 0 Å². The van der Waals surface area contributed by atoms with Crippen molar-refractivity contribution in [3.8, 4) is 0 Å². The fraction of sp³-hybridized carbons (Fsp3) is 0.188. The third-order valence-corrected chi connectivity index (χ3v) is 4.67. The number of aromatic amines is 1. The Balaban J connectivity index is 1.80. The summed E-state index contributed by atoms with van der Waals surface area (Å²) in [4.78, 5) is 7.52. The minimum atomic E-state index is -3.57. The van der Waals surface area contributed by atoms with E-state index in [9.17, 15) is 12.8 Å². The predicted molar refractivity (Wildman–Crippen MR) is 88.1 cm³/mol. The van der Waals surface area contributed by atoms with Crippen LogP contribution in [0.4, 0.5) is 10.1 Å². The topological polar surface area (TPSA) is 74.8 Å². The molecule has 0 fully saturated rings. The molecule has 0 saturated heterocycles. The van der Waals surface area contributed by atoms with E-state index in [4.69, 9.17) is 0 Å². The summed E-state index contributed by atoms with van der Waals surface area (Å²) in [6.45, 7) is 1.99. The van der Waals surface area contributed by atoms with Crippen molar-refractivity contribution in [3.05, 3.63) is 59.7 Å². The zero-order valence-electron chi connectivity index (χ0n) is 12.5. The van der Waals surface area contributed by atoms with E-state index in [-0.39, 0.29) is 5.75 Å². The highest BCUT2D eigenvalue weighted by Gasteiger charge is 2.13. The van der Waals surface area contributed by atoms with Gasteiger partial charge < -0.3 is 4.98 Å². The summed E-state index contributed by atoms with van der Waals surface area (Å²) >= 11 is 0. The van der Waals surface area contributed by atoms with Crippen LogP contribution in [0, 0.1) is 5.82 Å². The van der Waals surface area contributed by atoms with Crippen molar-refractivity contribution < 1.29 is 12.8 Å². The Morgan fingerprint density at radius 2 is 1.91 bits per heavy atom. The van der Waals surface area contributed by atoms with Crippen LogP contribution in [0.2, 0.25) is 0 Å². The van der Waals surface area contributed by atoms with Gasteiger partial charge in [0, 0.05) is 6.42 Å². The van der Waals surface area contributed by atoms with Crippen LogP contribution < -0.4 is 4.72 Å². The Morgan fingerprint density at radius 3 is 2.61 bits per heavy atom. The summed E-state index contributed by atoms with van der Waals surface area (Å²) in [5.41, 5.74) is 2.56. The van der Waals surface area contributed by atoms with Crippen LogP contribution in [0.1, 0.15) is 18.3 Å². The van der Waals surface area contributed by atoms with Gasteiger partial charge in [0.2, 0.25) is 10.0 Å². The van der Waals surface area contributed by atoms with Gasteiger partial charge in [-0.15, -0.1) is 0 Å². The van der Waals surface area contributed by atoms with Crippen LogP contribution in [0.5, 0.6) is 0 Å². The van der Waals surface area contributed by atoms with E-state index in [0.29, 0.717) is 11.3 Å². The zero-order valence-corrected chi connectivity index (χ0v) is 13.3. The second-order valence-corrected chi connectivity index (χ2v) is 6.98. The second-order valence-electron chi connectivity index (χ2n) is 5.26. The summed E-state index contributed by atoms with van der Waals surface area (Å²) in [6, 6.07) is 10.6. The highest BCUT2D eigenvalue weighted by molar-refractivity contribution is 7.91. The van der Waals surface area contributed by atoms with Gasteiger partial charge in [0.15, 0.2) is 0 Å². The Bertz CT molecular complexity index is 934. The maximum Gasteiger partial charge on any atom is 0.236 e. The van der Waals surface area contributed by atoms with Crippen molar-refractivity contribution in [3.63, 3.8) is 0 Å². The minimum Gasteiger partial charge on any atom is -0.342 e. The van der Waals surface area contributed by atoms with Gasteiger partial charge in [-0.2, -0.15) is 0 Å². The normalized spacial score (nSPS) is 11.7. The first-order valence-electron chi connectivity index (χ1n) is 7.19. The number of rotatable bonds is 5. The molecule has 2 N–H and O–H groups in total. The standard InChI is InChI=1S/C16H16FN3O2S/c1-2-16-18-14-8-7-13(9-15(14)19-16)20-23(21,22)10-11-3-5-12(17)6-4-11/h3-9,20H,2,10H2,1H3,(H,18,19). The van der Waals surface area contributed by atoms with Crippen LogP contribution in [0.15, 0.2) is 42.5 Å². The van der Waals surface area contributed by atoms with E-state index in [1.165, 1.54) is 24.3 Å². The molecular weight excluding hydrogens is 317 g/mol. The molecular formula is C16H16FN3O2S. The molecule has 2 aromatic carbocycles. The number of imidazole rings is 1. The zero-order chi connectivity index (χ0) is 16.4.